The molecule has 0 spiro atoms. The molecule has 1 aliphatic heterocycles. The third-order valence-electron chi connectivity index (χ3n) is 2.35. The van der Waals surface area contributed by atoms with Gasteiger partial charge in [-0.1, -0.05) is 5.16 Å². The van der Waals surface area contributed by atoms with E-state index in [4.69, 9.17) is 14.4 Å². The van der Waals surface area contributed by atoms with E-state index in [1.165, 1.54) is 0 Å². The number of hydrogen-bond donors (Lipinski definition) is 1. The predicted molar refractivity (Wildman–Crippen MR) is 51.7 cm³/mol. The molecule has 1 fully saturated rings. The first kappa shape index (κ1) is 11.0. The molecule has 1 aromatic heterocycles. The molecule has 1 saturated heterocycles. The number of nitrogens with zero attached hydrogens (tertiary/aromatic N) is 3. The lowest BCUT2D eigenvalue weighted by atomic mass is 10.3. The van der Waals surface area contributed by atoms with Gasteiger partial charge in [-0.3, -0.25) is 4.90 Å². The van der Waals surface area contributed by atoms with Crippen molar-refractivity contribution >= 4 is 5.97 Å². The Bertz CT molecular complexity index is 379. The molecule has 0 aliphatic carbocycles. The standard InChI is InChI=1S/C9H13N3O4/c1-6-10-8(16-11-6)5-12-2-3-15-7(4-12)9(13)14/h7H,2-5H2,1H3,(H,13,14). The monoisotopic (exact) mass is 227 g/mol. The summed E-state index contributed by atoms with van der Waals surface area (Å²) in [7, 11) is 0. The van der Waals surface area contributed by atoms with Crippen LogP contribution >= 0.6 is 0 Å². The Balaban J connectivity index is 1.92. The topological polar surface area (TPSA) is 88.7 Å². The minimum atomic E-state index is -0.939. The van der Waals surface area contributed by atoms with Gasteiger partial charge in [0.2, 0.25) is 5.89 Å². The number of hydrogen-bond acceptors (Lipinski definition) is 6. The summed E-state index contributed by atoms with van der Waals surface area (Å²) in [6.07, 6.45) is -0.766. The van der Waals surface area contributed by atoms with Crippen molar-refractivity contribution in [3.05, 3.63) is 11.7 Å². The van der Waals surface area contributed by atoms with Gasteiger partial charge < -0.3 is 14.4 Å². The Labute approximate surface area is 92.0 Å². The first-order valence-electron chi connectivity index (χ1n) is 5.01. The Morgan fingerprint density at radius 2 is 2.50 bits per heavy atom. The fourth-order valence-corrected chi connectivity index (χ4v) is 1.59. The van der Waals surface area contributed by atoms with Gasteiger partial charge in [-0.05, 0) is 6.92 Å². The van der Waals surface area contributed by atoms with Gasteiger partial charge in [0.05, 0.1) is 13.2 Å². The fourth-order valence-electron chi connectivity index (χ4n) is 1.59. The zero-order valence-electron chi connectivity index (χ0n) is 8.92. The molecule has 0 bridgehead atoms. The summed E-state index contributed by atoms with van der Waals surface area (Å²) in [5.41, 5.74) is 0. The van der Waals surface area contributed by atoms with E-state index >= 15 is 0 Å². The van der Waals surface area contributed by atoms with Gasteiger partial charge in [0, 0.05) is 13.1 Å². The lowest BCUT2D eigenvalue weighted by molar-refractivity contribution is -0.156. The molecular weight excluding hydrogens is 214 g/mol. The van der Waals surface area contributed by atoms with Crippen molar-refractivity contribution in [2.24, 2.45) is 0 Å². The van der Waals surface area contributed by atoms with Crippen LogP contribution in [0.25, 0.3) is 0 Å². The number of carbonyl (C=O) groups is 1. The molecule has 1 atom stereocenters. The van der Waals surface area contributed by atoms with Gasteiger partial charge in [-0.15, -0.1) is 0 Å². The number of aryl methyl sites for hydroxylation is 1. The SMILES string of the molecule is Cc1noc(CN2CCOC(C(=O)O)C2)n1. The van der Waals surface area contributed by atoms with E-state index in [-0.39, 0.29) is 0 Å². The lowest BCUT2D eigenvalue weighted by Crippen LogP contribution is -2.45. The van der Waals surface area contributed by atoms with Gasteiger partial charge in [-0.2, -0.15) is 4.98 Å². The zero-order valence-corrected chi connectivity index (χ0v) is 8.92. The molecule has 0 amide bonds. The molecule has 1 N–H and O–H groups in total. The van der Waals surface area contributed by atoms with Gasteiger partial charge in [-0.25, -0.2) is 4.79 Å². The van der Waals surface area contributed by atoms with Crippen molar-refractivity contribution in [2.75, 3.05) is 19.7 Å². The summed E-state index contributed by atoms with van der Waals surface area (Å²) in [5, 5.41) is 12.5. The average molecular weight is 227 g/mol. The van der Waals surface area contributed by atoms with E-state index in [9.17, 15) is 4.79 Å². The van der Waals surface area contributed by atoms with E-state index in [0.29, 0.717) is 38.0 Å². The van der Waals surface area contributed by atoms with Crippen LogP contribution in [0.15, 0.2) is 4.52 Å². The summed E-state index contributed by atoms with van der Waals surface area (Å²) >= 11 is 0. The molecule has 1 aliphatic rings. The molecule has 7 nitrogen and oxygen atoms in total. The molecule has 88 valence electrons. The number of aliphatic carboxylic acids is 1. The van der Waals surface area contributed by atoms with Crippen LogP contribution < -0.4 is 0 Å². The Morgan fingerprint density at radius 3 is 3.12 bits per heavy atom. The highest BCUT2D eigenvalue weighted by molar-refractivity contribution is 5.72. The second-order valence-electron chi connectivity index (χ2n) is 3.67. The first-order valence-corrected chi connectivity index (χ1v) is 5.01. The minimum Gasteiger partial charge on any atom is -0.479 e. The Morgan fingerprint density at radius 1 is 1.69 bits per heavy atom. The first-order chi connectivity index (χ1) is 7.65. The third-order valence-corrected chi connectivity index (χ3v) is 2.35. The summed E-state index contributed by atoms with van der Waals surface area (Å²) in [5.74, 6) is 0.146. The number of aromatic nitrogens is 2. The smallest absolute Gasteiger partial charge is 0.334 e. The van der Waals surface area contributed by atoms with Crippen molar-refractivity contribution in [3.8, 4) is 0 Å². The number of carboxylic acid groups (broad SMARTS) is 1. The second-order valence-corrected chi connectivity index (χ2v) is 3.67. The van der Waals surface area contributed by atoms with Gasteiger partial charge in [0.1, 0.15) is 0 Å². The summed E-state index contributed by atoms with van der Waals surface area (Å²) in [6, 6.07) is 0. The molecule has 7 heteroatoms. The largest absolute Gasteiger partial charge is 0.479 e. The zero-order chi connectivity index (χ0) is 11.5. The summed E-state index contributed by atoms with van der Waals surface area (Å²) in [6.45, 7) is 3.63. The van der Waals surface area contributed by atoms with Crippen molar-refractivity contribution < 1.29 is 19.2 Å². The number of rotatable bonds is 3. The summed E-state index contributed by atoms with van der Waals surface area (Å²) < 4.78 is 10.1. The molecule has 16 heavy (non-hydrogen) atoms. The van der Waals surface area contributed by atoms with Crippen LogP contribution in [0, 0.1) is 6.92 Å². The molecule has 0 saturated carbocycles. The van der Waals surface area contributed by atoms with E-state index in [0.717, 1.165) is 0 Å². The van der Waals surface area contributed by atoms with Crippen LogP contribution in [0.2, 0.25) is 0 Å². The maximum atomic E-state index is 10.8. The van der Waals surface area contributed by atoms with E-state index in [1.807, 2.05) is 4.90 Å². The average Bonchev–Trinajstić information content (AvgIpc) is 2.64. The molecule has 2 rings (SSSR count). The van der Waals surface area contributed by atoms with Crippen molar-refractivity contribution in [3.63, 3.8) is 0 Å². The molecule has 0 radical (unpaired) electrons. The fraction of sp³-hybridized carbons (Fsp3) is 0.667. The van der Waals surface area contributed by atoms with Crippen molar-refractivity contribution in [1.29, 1.82) is 0 Å². The third kappa shape index (κ3) is 2.56. The van der Waals surface area contributed by atoms with Gasteiger partial charge in [0.25, 0.3) is 0 Å². The maximum absolute atomic E-state index is 10.8. The van der Waals surface area contributed by atoms with Crippen LogP contribution in [-0.4, -0.2) is 51.9 Å². The summed E-state index contributed by atoms with van der Waals surface area (Å²) in [4.78, 5) is 16.7. The molecular formula is C9H13N3O4. The second kappa shape index (κ2) is 4.58. The van der Waals surface area contributed by atoms with E-state index in [1.54, 1.807) is 6.92 Å². The van der Waals surface area contributed by atoms with E-state index < -0.39 is 12.1 Å². The van der Waals surface area contributed by atoms with Crippen LogP contribution in [0.4, 0.5) is 0 Å². The quantitative estimate of drug-likeness (QED) is 0.755. The Hall–Kier alpha value is -1.47. The molecule has 1 unspecified atom stereocenters. The number of ether oxygens (including phenoxy) is 1. The lowest BCUT2D eigenvalue weighted by Gasteiger charge is -2.29. The molecule has 2 heterocycles. The minimum absolute atomic E-state index is 0.344. The highest BCUT2D eigenvalue weighted by Gasteiger charge is 2.26. The number of morpholine rings is 1. The van der Waals surface area contributed by atoms with Crippen LogP contribution in [-0.2, 0) is 16.1 Å². The molecule has 0 aromatic carbocycles. The van der Waals surface area contributed by atoms with Crippen LogP contribution in [0.3, 0.4) is 0 Å². The van der Waals surface area contributed by atoms with Crippen LogP contribution in [0.5, 0.6) is 0 Å². The number of carboxylic acids is 1. The van der Waals surface area contributed by atoms with Gasteiger partial charge in [0.15, 0.2) is 11.9 Å². The van der Waals surface area contributed by atoms with Crippen LogP contribution in [0.1, 0.15) is 11.7 Å². The Kier molecular flexibility index (Phi) is 3.16. The van der Waals surface area contributed by atoms with Crippen molar-refractivity contribution in [2.45, 2.75) is 19.6 Å². The normalized spacial score (nSPS) is 22.2. The van der Waals surface area contributed by atoms with E-state index in [2.05, 4.69) is 10.1 Å². The van der Waals surface area contributed by atoms with Crippen molar-refractivity contribution in [1.82, 2.24) is 15.0 Å². The highest BCUT2D eigenvalue weighted by atomic mass is 16.5. The highest BCUT2D eigenvalue weighted by Crippen LogP contribution is 2.09. The maximum Gasteiger partial charge on any atom is 0.334 e. The molecule has 1 aromatic rings. The van der Waals surface area contributed by atoms with Gasteiger partial charge >= 0.3 is 5.97 Å². The predicted octanol–water partition coefficient (Wildman–Crippen LogP) is -0.337.